The fourth-order valence-electron chi connectivity index (χ4n) is 2.37. The first kappa shape index (κ1) is 13.5. The number of fused-ring (bicyclic) bond motifs is 1. The molecule has 6 heteroatoms. The summed E-state index contributed by atoms with van der Waals surface area (Å²) in [4.78, 5) is 10.6. The highest BCUT2D eigenvalue weighted by Gasteiger charge is 2.14. The van der Waals surface area contributed by atoms with Crippen molar-refractivity contribution in [1.29, 1.82) is 0 Å². The van der Waals surface area contributed by atoms with Crippen molar-refractivity contribution in [2.24, 2.45) is 0 Å². The number of hydrogen-bond donors (Lipinski definition) is 2. The van der Waals surface area contributed by atoms with Crippen LogP contribution in [0, 0.1) is 0 Å². The van der Waals surface area contributed by atoms with Crippen molar-refractivity contribution in [3.63, 3.8) is 0 Å². The molecule has 2 N–H and O–H groups in total. The Morgan fingerprint density at radius 3 is 2.76 bits per heavy atom. The molecule has 3 rings (SSSR count). The maximum Gasteiger partial charge on any atom is 0.160 e. The number of aromatic nitrogens is 4. The number of aromatic amines is 1. The zero-order chi connectivity index (χ0) is 14.7. The van der Waals surface area contributed by atoms with Crippen molar-refractivity contribution in [3.05, 3.63) is 48.4 Å². The molecule has 108 valence electrons. The first-order valence-electron chi connectivity index (χ1n) is 6.85. The summed E-state index contributed by atoms with van der Waals surface area (Å²) < 4.78 is 0. The van der Waals surface area contributed by atoms with E-state index in [1.165, 1.54) is 11.9 Å². The molecule has 0 aliphatic rings. The van der Waals surface area contributed by atoms with Crippen LogP contribution in [0.3, 0.4) is 0 Å². The van der Waals surface area contributed by atoms with Crippen LogP contribution >= 0.6 is 0 Å². The van der Waals surface area contributed by atoms with Gasteiger partial charge in [-0.05, 0) is 19.7 Å². The molecule has 0 aliphatic heterocycles. The highest BCUT2D eigenvalue weighted by molar-refractivity contribution is 5.85. The van der Waals surface area contributed by atoms with Crippen LogP contribution in [-0.2, 0) is 0 Å². The molecule has 0 saturated carbocycles. The van der Waals surface area contributed by atoms with Gasteiger partial charge >= 0.3 is 0 Å². The van der Waals surface area contributed by atoms with Crippen LogP contribution in [0.2, 0.25) is 0 Å². The highest BCUT2D eigenvalue weighted by atomic mass is 15.2. The lowest BCUT2D eigenvalue weighted by Crippen LogP contribution is -2.27. The normalized spacial score (nSPS) is 12.7. The number of rotatable bonds is 5. The summed E-state index contributed by atoms with van der Waals surface area (Å²) in [5.41, 5.74) is 2.01. The molecule has 21 heavy (non-hydrogen) atoms. The van der Waals surface area contributed by atoms with Gasteiger partial charge in [-0.15, -0.1) is 0 Å². The van der Waals surface area contributed by atoms with Gasteiger partial charge in [-0.3, -0.25) is 5.10 Å². The Hall–Kier alpha value is -2.47. The van der Waals surface area contributed by atoms with Gasteiger partial charge < -0.3 is 10.2 Å². The highest BCUT2D eigenvalue weighted by Crippen LogP contribution is 2.21. The van der Waals surface area contributed by atoms with Gasteiger partial charge in [0.15, 0.2) is 5.65 Å². The van der Waals surface area contributed by atoms with Crippen LogP contribution < -0.4 is 5.32 Å². The summed E-state index contributed by atoms with van der Waals surface area (Å²) in [6, 6.07) is 10.7. The summed E-state index contributed by atoms with van der Waals surface area (Å²) in [5, 5.41) is 11.2. The summed E-state index contributed by atoms with van der Waals surface area (Å²) >= 11 is 0. The molecular weight excluding hydrogens is 264 g/mol. The lowest BCUT2D eigenvalue weighted by Gasteiger charge is -2.25. The van der Waals surface area contributed by atoms with E-state index < -0.39 is 0 Å². The van der Waals surface area contributed by atoms with Gasteiger partial charge in [0.25, 0.3) is 0 Å². The molecule has 0 bridgehead atoms. The minimum absolute atomic E-state index is 0.267. The predicted molar refractivity (Wildman–Crippen MR) is 83.0 cm³/mol. The Morgan fingerprint density at radius 1 is 1.19 bits per heavy atom. The fraction of sp³-hybridized carbons (Fsp3) is 0.267. The monoisotopic (exact) mass is 282 g/mol. The van der Waals surface area contributed by atoms with Crippen LogP contribution in [0.25, 0.3) is 11.0 Å². The predicted octanol–water partition coefficient (Wildman–Crippen LogP) is 2.07. The molecule has 3 aromatic rings. The lowest BCUT2D eigenvalue weighted by atomic mass is 10.1. The lowest BCUT2D eigenvalue weighted by molar-refractivity contribution is 0.311. The number of likely N-dealkylation sites (N-methyl/N-ethyl adjacent to an activating group) is 1. The molecule has 0 aliphatic carbocycles. The molecule has 0 spiro atoms. The summed E-state index contributed by atoms with van der Waals surface area (Å²) in [5.74, 6) is 0.802. The van der Waals surface area contributed by atoms with Gasteiger partial charge in [-0.25, -0.2) is 9.97 Å². The SMILES string of the molecule is CN(C)C(CNc1ncnc2[nH]ncc12)c1ccccc1. The number of nitrogens with zero attached hydrogens (tertiary/aromatic N) is 4. The van der Waals surface area contributed by atoms with E-state index in [1.54, 1.807) is 6.20 Å². The average Bonchev–Trinajstić information content (AvgIpc) is 2.97. The minimum Gasteiger partial charge on any atom is -0.367 e. The Balaban J connectivity index is 1.80. The second-order valence-corrected chi connectivity index (χ2v) is 5.13. The summed E-state index contributed by atoms with van der Waals surface area (Å²) in [7, 11) is 4.15. The third-order valence-electron chi connectivity index (χ3n) is 3.52. The molecule has 0 saturated heterocycles. The second-order valence-electron chi connectivity index (χ2n) is 5.13. The number of H-pyrrole nitrogens is 1. The molecule has 1 atom stereocenters. The molecule has 0 fully saturated rings. The third-order valence-corrected chi connectivity index (χ3v) is 3.52. The Bertz CT molecular complexity index is 706. The Morgan fingerprint density at radius 2 is 2.00 bits per heavy atom. The zero-order valence-corrected chi connectivity index (χ0v) is 12.1. The van der Waals surface area contributed by atoms with Gasteiger partial charge in [0, 0.05) is 6.54 Å². The van der Waals surface area contributed by atoms with E-state index >= 15 is 0 Å². The van der Waals surface area contributed by atoms with E-state index in [0.717, 1.165) is 23.4 Å². The molecule has 6 nitrogen and oxygen atoms in total. The topological polar surface area (TPSA) is 69.7 Å². The molecule has 0 amide bonds. The van der Waals surface area contributed by atoms with Gasteiger partial charge in [0.2, 0.25) is 0 Å². The second kappa shape index (κ2) is 5.88. The molecule has 1 unspecified atom stereocenters. The molecular formula is C15H18N6. The van der Waals surface area contributed by atoms with E-state index in [1.807, 2.05) is 6.07 Å². The molecule has 2 heterocycles. The van der Waals surface area contributed by atoms with Crippen molar-refractivity contribution in [2.45, 2.75) is 6.04 Å². The first-order chi connectivity index (χ1) is 10.3. The Labute approximate surface area is 123 Å². The van der Waals surface area contributed by atoms with Crippen molar-refractivity contribution in [2.75, 3.05) is 26.0 Å². The van der Waals surface area contributed by atoms with E-state index in [4.69, 9.17) is 0 Å². The van der Waals surface area contributed by atoms with Gasteiger partial charge in [0.1, 0.15) is 12.1 Å². The van der Waals surface area contributed by atoms with E-state index in [0.29, 0.717) is 0 Å². The van der Waals surface area contributed by atoms with Gasteiger partial charge in [0.05, 0.1) is 17.6 Å². The number of nitrogens with one attached hydrogen (secondary N) is 2. The third kappa shape index (κ3) is 2.85. The van der Waals surface area contributed by atoms with Crippen molar-refractivity contribution in [3.8, 4) is 0 Å². The zero-order valence-electron chi connectivity index (χ0n) is 12.1. The van der Waals surface area contributed by atoms with E-state index in [-0.39, 0.29) is 6.04 Å². The largest absolute Gasteiger partial charge is 0.367 e. The van der Waals surface area contributed by atoms with E-state index in [2.05, 4.69) is 68.7 Å². The van der Waals surface area contributed by atoms with Crippen LogP contribution in [0.15, 0.2) is 42.9 Å². The van der Waals surface area contributed by atoms with Crippen LogP contribution in [0.1, 0.15) is 11.6 Å². The number of anilines is 1. The maximum atomic E-state index is 4.30. The van der Waals surface area contributed by atoms with Crippen LogP contribution in [-0.4, -0.2) is 45.7 Å². The molecule has 2 aromatic heterocycles. The van der Waals surface area contributed by atoms with Crippen molar-refractivity contribution in [1.82, 2.24) is 25.1 Å². The van der Waals surface area contributed by atoms with Crippen LogP contribution in [0.5, 0.6) is 0 Å². The van der Waals surface area contributed by atoms with Gasteiger partial charge in [-0.2, -0.15) is 5.10 Å². The quantitative estimate of drug-likeness (QED) is 0.749. The van der Waals surface area contributed by atoms with Gasteiger partial charge in [-0.1, -0.05) is 30.3 Å². The Kier molecular flexibility index (Phi) is 3.79. The maximum absolute atomic E-state index is 4.30. The summed E-state index contributed by atoms with van der Waals surface area (Å²) in [6.45, 7) is 0.758. The molecule has 1 aromatic carbocycles. The number of benzene rings is 1. The average molecular weight is 282 g/mol. The summed E-state index contributed by atoms with van der Waals surface area (Å²) in [6.07, 6.45) is 3.28. The van der Waals surface area contributed by atoms with E-state index in [9.17, 15) is 0 Å². The smallest absolute Gasteiger partial charge is 0.160 e. The standard InChI is InChI=1S/C15H18N6/c1-21(2)13(11-6-4-3-5-7-11)9-16-14-12-8-19-20-15(12)18-10-17-14/h3-8,10,13H,9H2,1-2H3,(H2,16,17,18,19,20). The minimum atomic E-state index is 0.267. The van der Waals surface area contributed by atoms with Crippen molar-refractivity contribution >= 4 is 16.9 Å². The fourth-order valence-corrected chi connectivity index (χ4v) is 2.37. The number of hydrogen-bond acceptors (Lipinski definition) is 5. The van der Waals surface area contributed by atoms with Crippen LogP contribution in [0.4, 0.5) is 5.82 Å². The van der Waals surface area contributed by atoms with Crippen molar-refractivity contribution < 1.29 is 0 Å². The first-order valence-corrected chi connectivity index (χ1v) is 6.85. The molecule has 0 radical (unpaired) electrons.